The van der Waals surface area contributed by atoms with Gasteiger partial charge >= 0.3 is 0 Å². The first kappa shape index (κ1) is 15.6. The lowest BCUT2D eigenvalue weighted by Crippen LogP contribution is -3.08. The summed E-state index contributed by atoms with van der Waals surface area (Å²) in [6.45, 7) is 1.28. The molecule has 0 saturated heterocycles. The van der Waals surface area contributed by atoms with E-state index in [2.05, 4.69) is 10.3 Å². The number of rotatable bonds is 5. The molecule has 0 fully saturated rings. The number of fused-ring (bicyclic) bond motifs is 1. The first-order valence-corrected chi connectivity index (χ1v) is 7.60. The van der Waals surface area contributed by atoms with Gasteiger partial charge < -0.3 is 19.7 Å². The van der Waals surface area contributed by atoms with Crippen molar-refractivity contribution in [1.29, 1.82) is 0 Å². The number of aromatic nitrogens is 1. The van der Waals surface area contributed by atoms with Crippen molar-refractivity contribution >= 4 is 23.2 Å². The maximum absolute atomic E-state index is 12.1. The lowest BCUT2D eigenvalue weighted by Gasteiger charge is -2.14. The van der Waals surface area contributed by atoms with Crippen LogP contribution in [0.15, 0.2) is 36.5 Å². The number of benzene rings is 1. The molecule has 1 aliphatic heterocycles. The number of amides is 1. The highest BCUT2D eigenvalue weighted by Gasteiger charge is 2.16. The van der Waals surface area contributed by atoms with Crippen LogP contribution in [0, 0.1) is 0 Å². The molecule has 2 N–H and O–H groups in total. The third-order valence-corrected chi connectivity index (χ3v) is 3.74. The first-order valence-electron chi connectivity index (χ1n) is 7.22. The van der Waals surface area contributed by atoms with E-state index in [-0.39, 0.29) is 17.9 Å². The van der Waals surface area contributed by atoms with E-state index in [0.29, 0.717) is 18.8 Å². The van der Waals surface area contributed by atoms with Crippen LogP contribution in [0.4, 0.5) is 5.69 Å². The molecule has 0 spiro atoms. The molecule has 1 atom stereocenters. The predicted molar refractivity (Wildman–Crippen MR) is 85.9 cm³/mol. The zero-order valence-electron chi connectivity index (χ0n) is 12.6. The lowest BCUT2D eigenvalue weighted by molar-refractivity contribution is -0.885. The summed E-state index contributed by atoms with van der Waals surface area (Å²) in [5.74, 6) is 1.40. The van der Waals surface area contributed by atoms with Crippen molar-refractivity contribution in [2.24, 2.45) is 0 Å². The summed E-state index contributed by atoms with van der Waals surface area (Å²) >= 11 is 5.93. The number of likely N-dealkylation sites (N-methyl/N-ethyl adjacent to an activating group) is 1. The molecule has 120 valence electrons. The molecule has 6 nitrogen and oxygen atoms in total. The average molecular weight is 335 g/mol. The van der Waals surface area contributed by atoms with Crippen molar-refractivity contribution in [3.8, 4) is 11.5 Å². The summed E-state index contributed by atoms with van der Waals surface area (Å²) in [5.41, 5.74) is 1.61. The molecular formula is C16H17ClN3O3+. The first-order chi connectivity index (χ1) is 11.1. The van der Waals surface area contributed by atoms with Crippen LogP contribution in [-0.4, -0.2) is 31.3 Å². The number of hydrogen-bond donors (Lipinski definition) is 2. The monoisotopic (exact) mass is 334 g/mol. The maximum atomic E-state index is 12.1. The Hall–Kier alpha value is -2.31. The molecule has 1 unspecified atom stereocenters. The van der Waals surface area contributed by atoms with Crippen LogP contribution in [0.1, 0.15) is 5.56 Å². The molecule has 1 aliphatic rings. The minimum Gasteiger partial charge on any atom is -0.454 e. The number of carbonyl (C=O) groups excluding carboxylic acids is 1. The van der Waals surface area contributed by atoms with Crippen molar-refractivity contribution in [3.63, 3.8) is 0 Å². The Morgan fingerprint density at radius 2 is 2.17 bits per heavy atom. The number of ether oxygens (including phenoxy) is 2. The van der Waals surface area contributed by atoms with Crippen LogP contribution < -0.4 is 19.7 Å². The Balaban J connectivity index is 1.55. The molecule has 1 amide bonds. The van der Waals surface area contributed by atoms with Gasteiger partial charge in [0, 0.05) is 11.8 Å². The van der Waals surface area contributed by atoms with Gasteiger partial charge in [-0.25, -0.2) is 4.98 Å². The van der Waals surface area contributed by atoms with Gasteiger partial charge in [-0.1, -0.05) is 11.6 Å². The van der Waals surface area contributed by atoms with Gasteiger partial charge in [-0.2, -0.15) is 0 Å². The highest BCUT2D eigenvalue weighted by atomic mass is 35.5. The second-order valence-corrected chi connectivity index (χ2v) is 5.75. The summed E-state index contributed by atoms with van der Waals surface area (Å²) in [4.78, 5) is 17.1. The van der Waals surface area contributed by atoms with Crippen LogP contribution in [0.2, 0.25) is 5.15 Å². The molecule has 0 aliphatic carbocycles. The van der Waals surface area contributed by atoms with E-state index >= 15 is 0 Å². The molecule has 23 heavy (non-hydrogen) atoms. The number of nitrogens with one attached hydrogen (secondary N) is 2. The fourth-order valence-corrected chi connectivity index (χ4v) is 2.58. The predicted octanol–water partition coefficient (Wildman–Crippen LogP) is 1.12. The molecule has 0 saturated carbocycles. The van der Waals surface area contributed by atoms with Crippen LogP contribution >= 0.6 is 11.6 Å². The van der Waals surface area contributed by atoms with Crippen LogP contribution in [0.25, 0.3) is 0 Å². The molecule has 2 aromatic rings. The van der Waals surface area contributed by atoms with Gasteiger partial charge in [0.2, 0.25) is 6.79 Å². The number of halogens is 1. The Labute approximate surface area is 139 Å². The van der Waals surface area contributed by atoms with E-state index in [1.165, 1.54) is 0 Å². The lowest BCUT2D eigenvalue weighted by atomic mass is 10.2. The normalized spacial score (nSPS) is 13.7. The minimum absolute atomic E-state index is 0.113. The minimum atomic E-state index is -0.113. The van der Waals surface area contributed by atoms with Gasteiger partial charge in [0.25, 0.3) is 5.91 Å². The maximum Gasteiger partial charge on any atom is 0.279 e. The Bertz CT molecular complexity index is 723. The third kappa shape index (κ3) is 3.91. The van der Waals surface area contributed by atoms with Gasteiger partial charge in [0.1, 0.15) is 6.54 Å². The number of hydrogen-bond acceptors (Lipinski definition) is 4. The molecule has 7 heteroatoms. The fraction of sp³-hybridized carbons (Fsp3) is 0.250. The summed E-state index contributed by atoms with van der Waals surface area (Å²) in [6, 6.07) is 9.26. The second kappa shape index (κ2) is 6.85. The topological polar surface area (TPSA) is 64.9 Å². The van der Waals surface area contributed by atoms with E-state index < -0.39 is 0 Å². The molecule has 0 radical (unpaired) electrons. The molecule has 1 aromatic heterocycles. The summed E-state index contributed by atoms with van der Waals surface area (Å²) in [7, 11) is 1.95. The molecule has 0 bridgehead atoms. The highest BCUT2D eigenvalue weighted by Crippen LogP contribution is 2.32. The van der Waals surface area contributed by atoms with Crippen molar-refractivity contribution < 1.29 is 19.2 Å². The quantitative estimate of drug-likeness (QED) is 0.804. The number of nitrogens with zero attached hydrogens (tertiary/aromatic N) is 1. The highest BCUT2D eigenvalue weighted by molar-refractivity contribution is 6.32. The molecule has 3 rings (SSSR count). The summed E-state index contributed by atoms with van der Waals surface area (Å²) in [5, 5.41) is 3.06. The standard InChI is InChI=1S/C16H16ClN3O3/c1-20(8-11-4-5-13-14(7-11)23-10-22-13)9-15(21)19-12-3-2-6-18-16(12)17/h2-7H,8-10H2,1H3,(H,19,21)/p+1. The molecular weight excluding hydrogens is 318 g/mol. The average Bonchev–Trinajstić information content (AvgIpc) is 2.97. The van der Waals surface area contributed by atoms with Crippen molar-refractivity contribution in [2.75, 3.05) is 25.7 Å². The van der Waals surface area contributed by atoms with Crippen LogP contribution in [0.5, 0.6) is 11.5 Å². The van der Waals surface area contributed by atoms with Crippen LogP contribution in [0.3, 0.4) is 0 Å². The van der Waals surface area contributed by atoms with Gasteiger partial charge in [0.05, 0.1) is 12.7 Å². The van der Waals surface area contributed by atoms with E-state index in [1.54, 1.807) is 18.3 Å². The smallest absolute Gasteiger partial charge is 0.279 e. The number of pyridine rings is 1. The zero-order chi connectivity index (χ0) is 16.2. The van der Waals surface area contributed by atoms with Gasteiger partial charge in [0.15, 0.2) is 23.2 Å². The van der Waals surface area contributed by atoms with Crippen molar-refractivity contribution in [2.45, 2.75) is 6.54 Å². The molecule has 1 aromatic carbocycles. The second-order valence-electron chi connectivity index (χ2n) is 5.39. The Kier molecular flexibility index (Phi) is 4.64. The number of carbonyl (C=O) groups is 1. The van der Waals surface area contributed by atoms with E-state index in [4.69, 9.17) is 21.1 Å². The number of anilines is 1. The Morgan fingerprint density at radius 1 is 1.35 bits per heavy atom. The molecule has 2 heterocycles. The number of quaternary nitrogens is 1. The van der Waals surface area contributed by atoms with E-state index in [9.17, 15) is 4.79 Å². The SMILES string of the molecule is C[NH+](CC(=O)Nc1cccnc1Cl)Cc1ccc2c(c1)OCO2. The van der Waals surface area contributed by atoms with E-state index in [0.717, 1.165) is 22.0 Å². The fourth-order valence-electron chi connectivity index (χ4n) is 2.41. The third-order valence-electron chi connectivity index (χ3n) is 3.44. The summed E-state index contributed by atoms with van der Waals surface area (Å²) < 4.78 is 10.7. The van der Waals surface area contributed by atoms with Gasteiger partial charge in [-0.15, -0.1) is 0 Å². The van der Waals surface area contributed by atoms with Gasteiger partial charge in [-0.3, -0.25) is 4.79 Å². The van der Waals surface area contributed by atoms with Gasteiger partial charge in [-0.05, 0) is 30.3 Å². The van der Waals surface area contributed by atoms with Crippen LogP contribution in [-0.2, 0) is 11.3 Å². The van der Waals surface area contributed by atoms with Crippen molar-refractivity contribution in [3.05, 3.63) is 47.2 Å². The van der Waals surface area contributed by atoms with E-state index in [1.807, 2.05) is 25.2 Å². The summed E-state index contributed by atoms with van der Waals surface area (Å²) in [6.07, 6.45) is 1.58. The Morgan fingerprint density at radius 3 is 3.00 bits per heavy atom. The largest absolute Gasteiger partial charge is 0.454 e. The van der Waals surface area contributed by atoms with Crippen molar-refractivity contribution in [1.82, 2.24) is 4.98 Å². The zero-order valence-corrected chi connectivity index (χ0v) is 13.4.